The molecule has 5 heteroatoms. The van der Waals surface area contributed by atoms with E-state index in [4.69, 9.17) is 16.3 Å². The van der Waals surface area contributed by atoms with Crippen molar-refractivity contribution in [3.05, 3.63) is 34.9 Å². The molecule has 4 nitrogen and oxygen atoms in total. The Hall–Kier alpha value is -1.55. The summed E-state index contributed by atoms with van der Waals surface area (Å²) in [6, 6.07) is 6.73. The summed E-state index contributed by atoms with van der Waals surface area (Å²) >= 11 is 6.03. The smallest absolute Gasteiger partial charge is 0.328 e. The summed E-state index contributed by atoms with van der Waals surface area (Å²) in [6.45, 7) is 6.98. The summed E-state index contributed by atoms with van der Waals surface area (Å²) in [5, 5.41) is 3.28. The van der Waals surface area contributed by atoms with Crippen molar-refractivity contribution in [2.75, 3.05) is 0 Å². The van der Waals surface area contributed by atoms with E-state index in [0.29, 0.717) is 11.4 Å². The summed E-state index contributed by atoms with van der Waals surface area (Å²) in [5.41, 5.74) is 0.354. The van der Waals surface area contributed by atoms with Crippen LogP contribution in [0.4, 0.5) is 0 Å². The lowest BCUT2D eigenvalue weighted by atomic mass is 10.1. The molecule has 1 N–H and O–H groups in total. The van der Waals surface area contributed by atoms with E-state index in [1.54, 1.807) is 33.8 Å². The van der Waals surface area contributed by atoms with Crippen LogP contribution in [0.2, 0.25) is 5.02 Å². The van der Waals surface area contributed by atoms with Crippen molar-refractivity contribution in [3.8, 4) is 0 Å². The molecular weight excluding hydrogens is 290 g/mol. The van der Waals surface area contributed by atoms with Gasteiger partial charge in [0.05, 0.1) is 0 Å². The maximum atomic E-state index is 11.8. The first-order valence-electron chi connectivity index (χ1n) is 6.94. The minimum atomic E-state index is -0.664. The molecule has 1 aromatic rings. The monoisotopic (exact) mass is 311 g/mol. The van der Waals surface area contributed by atoms with Crippen LogP contribution in [0.25, 0.3) is 0 Å². The average molecular weight is 312 g/mol. The summed E-state index contributed by atoms with van der Waals surface area (Å²) in [7, 11) is 0. The summed E-state index contributed by atoms with van der Waals surface area (Å²) in [4.78, 5) is 23.6. The normalized spacial score (nSPS) is 12.6. The standard InChI is InChI=1S/C16H22ClNO3/c1-11(15(20)21-16(2,3)4)18-14(19)10-9-12-7-5-6-8-13(12)17/h5-8,11H,9-10H2,1-4H3,(H,18,19)/t11-/m0/s1. The van der Waals surface area contributed by atoms with Gasteiger partial charge in [0.15, 0.2) is 0 Å². The van der Waals surface area contributed by atoms with E-state index in [9.17, 15) is 9.59 Å². The van der Waals surface area contributed by atoms with Crippen LogP contribution < -0.4 is 5.32 Å². The Balaban J connectivity index is 2.43. The van der Waals surface area contributed by atoms with Gasteiger partial charge in [-0.3, -0.25) is 4.79 Å². The van der Waals surface area contributed by atoms with E-state index >= 15 is 0 Å². The highest BCUT2D eigenvalue weighted by molar-refractivity contribution is 6.31. The number of ether oxygens (including phenoxy) is 1. The lowest BCUT2D eigenvalue weighted by molar-refractivity contribution is -0.158. The first kappa shape index (κ1) is 17.5. The van der Waals surface area contributed by atoms with Crippen LogP contribution in [-0.4, -0.2) is 23.5 Å². The van der Waals surface area contributed by atoms with E-state index in [1.165, 1.54) is 0 Å². The molecule has 0 fully saturated rings. The second-order valence-electron chi connectivity index (χ2n) is 5.91. The van der Waals surface area contributed by atoms with Gasteiger partial charge in [0, 0.05) is 11.4 Å². The molecular formula is C16H22ClNO3. The molecule has 1 amide bonds. The molecule has 0 aliphatic rings. The molecule has 0 aromatic heterocycles. The third-order valence-corrected chi connectivity index (χ3v) is 3.09. The van der Waals surface area contributed by atoms with Crippen molar-refractivity contribution in [2.24, 2.45) is 0 Å². The Morgan fingerprint density at radius 1 is 1.29 bits per heavy atom. The van der Waals surface area contributed by atoms with Crippen molar-refractivity contribution in [3.63, 3.8) is 0 Å². The molecule has 0 unspecified atom stereocenters. The number of benzene rings is 1. The minimum absolute atomic E-state index is 0.201. The number of carbonyl (C=O) groups excluding carboxylic acids is 2. The summed E-state index contributed by atoms with van der Waals surface area (Å²) in [6.07, 6.45) is 0.809. The number of amides is 1. The van der Waals surface area contributed by atoms with Crippen LogP contribution in [-0.2, 0) is 20.7 Å². The van der Waals surface area contributed by atoms with Gasteiger partial charge in [0.1, 0.15) is 11.6 Å². The van der Waals surface area contributed by atoms with Gasteiger partial charge < -0.3 is 10.1 Å². The van der Waals surface area contributed by atoms with Crippen LogP contribution in [0, 0.1) is 0 Å². The van der Waals surface area contributed by atoms with Crippen molar-refractivity contribution < 1.29 is 14.3 Å². The lowest BCUT2D eigenvalue weighted by Crippen LogP contribution is -2.42. The molecule has 0 saturated heterocycles. The molecule has 1 atom stereocenters. The number of aryl methyl sites for hydroxylation is 1. The predicted molar refractivity (Wildman–Crippen MR) is 83.2 cm³/mol. The fraction of sp³-hybridized carbons (Fsp3) is 0.500. The van der Waals surface area contributed by atoms with Crippen LogP contribution in [0.5, 0.6) is 0 Å². The van der Waals surface area contributed by atoms with E-state index < -0.39 is 17.6 Å². The van der Waals surface area contributed by atoms with Crippen LogP contribution >= 0.6 is 11.6 Å². The molecule has 0 bridgehead atoms. The minimum Gasteiger partial charge on any atom is -0.458 e. The van der Waals surface area contributed by atoms with Gasteiger partial charge in [-0.05, 0) is 45.7 Å². The van der Waals surface area contributed by atoms with Crippen LogP contribution in [0.15, 0.2) is 24.3 Å². The topological polar surface area (TPSA) is 55.4 Å². The first-order valence-corrected chi connectivity index (χ1v) is 7.32. The number of esters is 1. The van der Waals surface area contributed by atoms with Gasteiger partial charge in [-0.25, -0.2) is 4.79 Å². The molecule has 0 aliphatic carbocycles. The quantitative estimate of drug-likeness (QED) is 0.850. The van der Waals surface area contributed by atoms with Gasteiger partial charge in [-0.15, -0.1) is 0 Å². The Kier molecular flexibility index (Phi) is 6.21. The van der Waals surface area contributed by atoms with Crippen LogP contribution in [0.1, 0.15) is 39.7 Å². The van der Waals surface area contributed by atoms with Crippen molar-refractivity contribution in [1.82, 2.24) is 5.32 Å². The van der Waals surface area contributed by atoms with Crippen molar-refractivity contribution in [1.29, 1.82) is 0 Å². The number of nitrogens with one attached hydrogen (secondary N) is 1. The van der Waals surface area contributed by atoms with E-state index in [1.807, 2.05) is 18.2 Å². The zero-order valence-electron chi connectivity index (χ0n) is 12.9. The Morgan fingerprint density at radius 3 is 2.48 bits per heavy atom. The zero-order valence-corrected chi connectivity index (χ0v) is 13.7. The Bertz CT molecular complexity index is 508. The van der Waals surface area contributed by atoms with E-state index in [2.05, 4.69) is 5.32 Å². The SMILES string of the molecule is C[C@H](NC(=O)CCc1ccccc1Cl)C(=O)OC(C)(C)C. The van der Waals surface area contributed by atoms with E-state index in [-0.39, 0.29) is 12.3 Å². The first-order chi connectivity index (χ1) is 9.69. The molecule has 0 heterocycles. The van der Waals surface area contributed by atoms with Gasteiger partial charge in [-0.2, -0.15) is 0 Å². The van der Waals surface area contributed by atoms with Gasteiger partial charge in [0.2, 0.25) is 5.91 Å². The molecule has 116 valence electrons. The highest BCUT2D eigenvalue weighted by Crippen LogP contribution is 2.16. The molecule has 0 radical (unpaired) electrons. The molecule has 21 heavy (non-hydrogen) atoms. The fourth-order valence-electron chi connectivity index (χ4n) is 1.71. The second-order valence-corrected chi connectivity index (χ2v) is 6.32. The van der Waals surface area contributed by atoms with Crippen LogP contribution in [0.3, 0.4) is 0 Å². The Labute approximate surface area is 130 Å². The summed E-state index contributed by atoms with van der Waals surface area (Å²) in [5.74, 6) is -0.637. The highest BCUT2D eigenvalue weighted by Gasteiger charge is 2.22. The summed E-state index contributed by atoms with van der Waals surface area (Å²) < 4.78 is 5.21. The Morgan fingerprint density at radius 2 is 1.90 bits per heavy atom. The van der Waals surface area contributed by atoms with Crippen molar-refractivity contribution in [2.45, 2.75) is 52.2 Å². The maximum absolute atomic E-state index is 11.8. The molecule has 1 aromatic carbocycles. The van der Waals surface area contributed by atoms with Gasteiger partial charge in [0.25, 0.3) is 0 Å². The third kappa shape index (κ3) is 6.63. The number of hydrogen-bond acceptors (Lipinski definition) is 3. The lowest BCUT2D eigenvalue weighted by Gasteiger charge is -2.22. The average Bonchev–Trinajstić information content (AvgIpc) is 2.35. The molecule has 1 rings (SSSR count). The number of carbonyl (C=O) groups is 2. The molecule has 0 saturated carbocycles. The van der Waals surface area contributed by atoms with Crippen molar-refractivity contribution >= 4 is 23.5 Å². The molecule has 0 aliphatic heterocycles. The number of hydrogen-bond donors (Lipinski definition) is 1. The number of rotatable bonds is 5. The largest absolute Gasteiger partial charge is 0.458 e. The second kappa shape index (κ2) is 7.46. The fourth-order valence-corrected chi connectivity index (χ4v) is 1.94. The van der Waals surface area contributed by atoms with Gasteiger partial charge in [-0.1, -0.05) is 29.8 Å². The third-order valence-electron chi connectivity index (χ3n) is 2.72. The maximum Gasteiger partial charge on any atom is 0.328 e. The predicted octanol–water partition coefficient (Wildman–Crippen LogP) is 3.12. The number of halogens is 1. The van der Waals surface area contributed by atoms with E-state index in [0.717, 1.165) is 5.56 Å². The van der Waals surface area contributed by atoms with Gasteiger partial charge >= 0.3 is 5.97 Å². The zero-order chi connectivity index (χ0) is 16.0. The highest BCUT2D eigenvalue weighted by atomic mass is 35.5. The molecule has 0 spiro atoms.